The zero-order chi connectivity index (χ0) is 13.8. The average Bonchev–Trinajstić information content (AvgIpc) is 2.41. The van der Waals surface area contributed by atoms with E-state index in [9.17, 15) is 13.2 Å². The van der Waals surface area contributed by atoms with Crippen LogP contribution in [0.4, 0.5) is 13.2 Å². The molecular formula is C15H20F3N. The van der Waals surface area contributed by atoms with E-state index in [1.807, 2.05) is 0 Å². The summed E-state index contributed by atoms with van der Waals surface area (Å²) in [6, 6.07) is 0.981. The molecule has 1 nitrogen and oxygen atoms in total. The lowest BCUT2D eigenvalue weighted by Crippen LogP contribution is -2.15. The second-order valence-electron chi connectivity index (χ2n) is 5.50. The number of aromatic nitrogens is 1. The van der Waals surface area contributed by atoms with E-state index in [1.54, 1.807) is 0 Å². The van der Waals surface area contributed by atoms with Crippen molar-refractivity contribution in [3.05, 3.63) is 29.3 Å². The molecule has 0 bridgehead atoms. The summed E-state index contributed by atoms with van der Waals surface area (Å²) in [5.41, 5.74) is 0.243. The Balaban J connectivity index is 1.99. The zero-order valence-corrected chi connectivity index (χ0v) is 11.3. The van der Waals surface area contributed by atoms with E-state index in [2.05, 4.69) is 11.9 Å². The monoisotopic (exact) mass is 271 g/mol. The molecular weight excluding hydrogens is 251 g/mol. The largest absolute Gasteiger partial charge is 0.251 e. The minimum absolute atomic E-state index is 0.0134. The topological polar surface area (TPSA) is 12.9 Å². The van der Waals surface area contributed by atoms with Gasteiger partial charge in [-0.25, -0.2) is 4.39 Å². The molecule has 0 aliphatic heterocycles. The summed E-state index contributed by atoms with van der Waals surface area (Å²) in [5, 5.41) is 0. The van der Waals surface area contributed by atoms with Crippen molar-refractivity contribution in [2.45, 2.75) is 57.8 Å². The van der Waals surface area contributed by atoms with E-state index in [4.69, 9.17) is 0 Å². The fourth-order valence-corrected chi connectivity index (χ4v) is 3.00. The third-order valence-electron chi connectivity index (χ3n) is 4.17. The number of unbranched alkanes of at least 4 members (excludes halogenated alkanes) is 1. The standard InChI is InChI=1S/C15H20F3N/c1-2-3-4-10-5-7-11(8-6-10)12-9-13(16)15(18)19-14(12)17/h9-11H,2-8H2,1H3/t10-,11-. The van der Waals surface area contributed by atoms with Gasteiger partial charge in [0.25, 0.3) is 5.95 Å². The summed E-state index contributed by atoms with van der Waals surface area (Å²) in [4.78, 5) is 3.01. The van der Waals surface area contributed by atoms with Gasteiger partial charge in [0.05, 0.1) is 0 Å². The van der Waals surface area contributed by atoms with Crippen LogP contribution in [-0.2, 0) is 0 Å². The Kier molecular flexibility index (Phi) is 4.83. The van der Waals surface area contributed by atoms with Gasteiger partial charge >= 0.3 is 0 Å². The van der Waals surface area contributed by atoms with Gasteiger partial charge in [0.15, 0.2) is 5.82 Å². The van der Waals surface area contributed by atoms with Crippen molar-refractivity contribution in [1.29, 1.82) is 0 Å². The van der Waals surface area contributed by atoms with Crippen molar-refractivity contribution < 1.29 is 13.2 Å². The third kappa shape index (κ3) is 3.48. The number of halogens is 3. The van der Waals surface area contributed by atoms with E-state index in [0.717, 1.165) is 31.7 Å². The number of rotatable bonds is 4. The lowest BCUT2D eigenvalue weighted by atomic mass is 9.77. The maximum absolute atomic E-state index is 13.6. The van der Waals surface area contributed by atoms with Gasteiger partial charge in [-0.15, -0.1) is 0 Å². The van der Waals surface area contributed by atoms with Crippen LogP contribution in [0.3, 0.4) is 0 Å². The maximum atomic E-state index is 13.6. The summed E-state index contributed by atoms with van der Waals surface area (Å²) in [5.74, 6) is -2.56. The smallest absolute Gasteiger partial charge is 0.202 e. The molecule has 106 valence electrons. The molecule has 1 aromatic heterocycles. The van der Waals surface area contributed by atoms with Crippen LogP contribution in [0.25, 0.3) is 0 Å². The third-order valence-corrected chi connectivity index (χ3v) is 4.17. The van der Waals surface area contributed by atoms with Crippen molar-refractivity contribution in [1.82, 2.24) is 4.98 Å². The molecule has 19 heavy (non-hydrogen) atoms. The Morgan fingerprint density at radius 3 is 2.42 bits per heavy atom. The fourth-order valence-electron chi connectivity index (χ4n) is 3.00. The van der Waals surface area contributed by atoms with Gasteiger partial charge in [0.2, 0.25) is 5.95 Å². The van der Waals surface area contributed by atoms with E-state index >= 15 is 0 Å². The van der Waals surface area contributed by atoms with Crippen molar-refractivity contribution in [3.63, 3.8) is 0 Å². The summed E-state index contributed by atoms with van der Waals surface area (Å²) in [7, 11) is 0. The van der Waals surface area contributed by atoms with Crippen LogP contribution in [0.5, 0.6) is 0 Å². The molecule has 0 atom stereocenters. The van der Waals surface area contributed by atoms with E-state index in [0.29, 0.717) is 5.92 Å². The quantitative estimate of drug-likeness (QED) is 0.705. The highest BCUT2D eigenvalue weighted by Gasteiger charge is 2.25. The zero-order valence-electron chi connectivity index (χ0n) is 11.3. The molecule has 4 heteroatoms. The van der Waals surface area contributed by atoms with Crippen LogP contribution in [0, 0.1) is 23.6 Å². The van der Waals surface area contributed by atoms with Gasteiger partial charge in [-0.3, -0.25) is 0 Å². The fraction of sp³-hybridized carbons (Fsp3) is 0.667. The molecule has 1 saturated carbocycles. The SMILES string of the molecule is CCCC[C@H]1CC[C@H](c2cc(F)c(F)nc2F)CC1. The Bertz CT molecular complexity index is 426. The first-order valence-corrected chi connectivity index (χ1v) is 7.13. The highest BCUT2D eigenvalue weighted by Crippen LogP contribution is 2.38. The number of hydrogen-bond acceptors (Lipinski definition) is 1. The van der Waals surface area contributed by atoms with Crippen LogP contribution in [-0.4, -0.2) is 4.98 Å². The average molecular weight is 271 g/mol. The van der Waals surface area contributed by atoms with Crippen molar-refractivity contribution in [2.75, 3.05) is 0 Å². The van der Waals surface area contributed by atoms with Crippen LogP contribution in [0.1, 0.15) is 63.4 Å². The molecule has 0 unspecified atom stereocenters. The predicted octanol–water partition coefficient (Wildman–Crippen LogP) is 4.96. The molecule has 1 aliphatic carbocycles. The van der Waals surface area contributed by atoms with Gasteiger partial charge in [0, 0.05) is 5.56 Å². The molecule has 1 heterocycles. The Labute approximate surface area is 112 Å². The first kappa shape index (κ1) is 14.4. The maximum Gasteiger partial charge on any atom is 0.251 e. The molecule has 0 aromatic carbocycles. The number of pyridine rings is 1. The Morgan fingerprint density at radius 2 is 1.79 bits per heavy atom. The number of nitrogens with zero attached hydrogens (tertiary/aromatic N) is 1. The Morgan fingerprint density at radius 1 is 1.11 bits per heavy atom. The van der Waals surface area contributed by atoms with Crippen LogP contribution in [0.15, 0.2) is 6.07 Å². The van der Waals surface area contributed by atoms with Crippen molar-refractivity contribution in [2.24, 2.45) is 5.92 Å². The predicted molar refractivity (Wildman–Crippen MR) is 68.3 cm³/mol. The lowest BCUT2D eigenvalue weighted by molar-refractivity contribution is 0.297. The molecule has 0 N–H and O–H groups in total. The van der Waals surface area contributed by atoms with Gasteiger partial charge in [0.1, 0.15) is 0 Å². The molecule has 0 spiro atoms. The van der Waals surface area contributed by atoms with Gasteiger partial charge in [-0.2, -0.15) is 13.8 Å². The summed E-state index contributed by atoms with van der Waals surface area (Å²) >= 11 is 0. The molecule has 1 aromatic rings. The lowest BCUT2D eigenvalue weighted by Gasteiger charge is -2.28. The van der Waals surface area contributed by atoms with Gasteiger partial charge in [-0.1, -0.05) is 26.2 Å². The molecule has 1 aliphatic rings. The normalized spacial score (nSPS) is 23.6. The van der Waals surface area contributed by atoms with E-state index in [1.165, 1.54) is 19.3 Å². The van der Waals surface area contributed by atoms with E-state index in [-0.39, 0.29) is 11.5 Å². The van der Waals surface area contributed by atoms with Gasteiger partial charge in [-0.05, 0) is 43.6 Å². The van der Waals surface area contributed by atoms with Crippen LogP contribution < -0.4 is 0 Å². The van der Waals surface area contributed by atoms with Crippen LogP contribution >= 0.6 is 0 Å². The first-order chi connectivity index (χ1) is 9.11. The molecule has 0 radical (unpaired) electrons. The Hall–Kier alpha value is -1.06. The molecule has 0 saturated heterocycles. The van der Waals surface area contributed by atoms with Crippen molar-refractivity contribution in [3.8, 4) is 0 Å². The first-order valence-electron chi connectivity index (χ1n) is 7.13. The minimum Gasteiger partial charge on any atom is -0.202 e. The second-order valence-corrected chi connectivity index (χ2v) is 5.50. The second kappa shape index (κ2) is 6.40. The van der Waals surface area contributed by atoms with Crippen LogP contribution in [0.2, 0.25) is 0 Å². The van der Waals surface area contributed by atoms with Gasteiger partial charge < -0.3 is 0 Å². The van der Waals surface area contributed by atoms with Crippen molar-refractivity contribution >= 4 is 0 Å². The highest BCUT2D eigenvalue weighted by molar-refractivity contribution is 5.18. The minimum atomic E-state index is -1.35. The summed E-state index contributed by atoms with van der Waals surface area (Å²) in [6.45, 7) is 2.17. The molecule has 0 amide bonds. The highest BCUT2D eigenvalue weighted by atomic mass is 19.2. The summed E-state index contributed by atoms with van der Waals surface area (Å²) < 4.78 is 39.6. The van der Waals surface area contributed by atoms with E-state index < -0.39 is 17.7 Å². The number of hydrogen-bond donors (Lipinski definition) is 0. The molecule has 2 rings (SSSR count). The summed E-state index contributed by atoms with van der Waals surface area (Å²) in [6.07, 6.45) is 7.43. The molecule has 1 fully saturated rings.